The Morgan fingerprint density at radius 3 is 2.34 bits per heavy atom. The quantitative estimate of drug-likeness (QED) is 0.318. The lowest BCUT2D eigenvalue weighted by Crippen LogP contribution is -2.52. The Bertz CT molecular complexity index is 1400. The lowest BCUT2D eigenvalue weighted by atomic mass is 10.0. The van der Waals surface area contributed by atoms with E-state index in [9.17, 15) is 13.6 Å². The number of urea groups is 1. The van der Waals surface area contributed by atoms with Gasteiger partial charge in [-0.25, -0.2) is 9.18 Å². The minimum atomic E-state index is -2.92. The Labute approximate surface area is 218 Å². The summed E-state index contributed by atoms with van der Waals surface area (Å²) in [5, 5.41) is 6.88. The third-order valence-corrected chi connectivity index (χ3v) is 6.53. The van der Waals surface area contributed by atoms with Crippen molar-refractivity contribution in [1.29, 1.82) is 0 Å². The number of benzene rings is 3. The topological polar surface area (TPSA) is 65.7 Å². The lowest BCUT2D eigenvalue weighted by molar-refractivity contribution is 0.116. The molecule has 0 N–H and O–H groups in total. The zero-order valence-electron chi connectivity index (χ0n) is 20.7. The van der Waals surface area contributed by atoms with Crippen molar-refractivity contribution < 1.29 is 22.4 Å². The van der Waals surface area contributed by atoms with E-state index in [-0.39, 0.29) is 29.6 Å². The predicted octanol–water partition coefficient (Wildman–Crippen LogP) is 5.85. The fourth-order valence-electron chi connectivity index (χ4n) is 4.34. The number of nitrogens with zero attached hydrogens (tertiary/aromatic N) is 5. The van der Waals surface area contributed by atoms with Crippen LogP contribution in [0.5, 0.6) is 0 Å². The molecule has 2 amide bonds. The number of hydrogen-bond acceptors (Lipinski definition) is 5. The molecule has 0 aliphatic carbocycles. The highest BCUT2D eigenvalue weighted by molar-refractivity contribution is 5.93. The number of aromatic nitrogens is 2. The van der Waals surface area contributed by atoms with Gasteiger partial charge >= 0.3 is 12.5 Å². The Morgan fingerprint density at radius 2 is 1.66 bits per heavy atom. The van der Waals surface area contributed by atoms with E-state index in [0.717, 1.165) is 30.3 Å². The highest BCUT2D eigenvalue weighted by atomic mass is 19.3. The summed E-state index contributed by atoms with van der Waals surface area (Å²) in [5.41, 5.74) is 3.00. The van der Waals surface area contributed by atoms with Gasteiger partial charge in [-0.3, -0.25) is 4.90 Å². The molecule has 0 radical (unpaired) electrons. The van der Waals surface area contributed by atoms with Crippen LogP contribution in [0.3, 0.4) is 0 Å². The standard InChI is InChI=1S/C28H26F3N5O2/c1-34-12-14-35(15-13-34)28(37)36(23-9-5-8-20(16-23)19-6-3-2-4-7-19)18-22-11-10-21(17-24(22)29)26-32-33-27(38-26)25(30)31/h2-11,16-17,25H,12-15,18H2,1H3. The number of hydrogen-bond donors (Lipinski definition) is 0. The first-order valence-corrected chi connectivity index (χ1v) is 12.2. The third kappa shape index (κ3) is 5.55. The molecular formula is C28H26F3N5O2. The van der Waals surface area contributed by atoms with Gasteiger partial charge in [0.2, 0.25) is 5.89 Å². The summed E-state index contributed by atoms with van der Waals surface area (Å²) in [6.45, 7) is 2.60. The van der Waals surface area contributed by atoms with Gasteiger partial charge in [0.05, 0.1) is 6.54 Å². The number of amides is 2. The first-order valence-electron chi connectivity index (χ1n) is 12.2. The average molecular weight is 522 g/mol. The zero-order chi connectivity index (χ0) is 26.6. The second kappa shape index (κ2) is 11.1. The average Bonchev–Trinajstić information content (AvgIpc) is 3.44. The zero-order valence-corrected chi connectivity index (χ0v) is 20.7. The van der Waals surface area contributed by atoms with Crippen LogP contribution in [-0.2, 0) is 6.54 Å². The van der Waals surface area contributed by atoms with E-state index in [1.54, 1.807) is 9.80 Å². The molecule has 196 valence electrons. The first-order chi connectivity index (χ1) is 18.4. The van der Waals surface area contributed by atoms with Crippen LogP contribution < -0.4 is 4.90 Å². The maximum Gasteiger partial charge on any atom is 0.324 e. The van der Waals surface area contributed by atoms with Crippen LogP contribution in [0, 0.1) is 5.82 Å². The molecule has 10 heteroatoms. The van der Waals surface area contributed by atoms with Gasteiger partial charge in [0.1, 0.15) is 5.82 Å². The van der Waals surface area contributed by atoms with Gasteiger partial charge in [-0.2, -0.15) is 8.78 Å². The van der Waals surface area contributed by atoms with Crippen molar-refractivity contribution in [2.24, 2.45) is 0 Å². The van der Waals surface area contributed by atoms with E-state index < -0.39 is 18.1 Å². The van der Waals surface area contributed by atoms with Crippen molar-refractivity contribution in [2.45, 2.75) is 13.0 Å². The van der Waals surface area contributed by atoms with Crippen LogP contribution in [0.15, 0.2) is 77.2 Å². The van der Waals surface area contributed by atoms with Gasteiger partial charge in [0, 0.05) is 43.0 Å². The van der Waals surface area contributed by atoms with E-state index in [0.29, 0.717) is 18.8 Å². The van der Waals surface area contributed by atoms with Crippen molar-refractivity contribution in [3.63, 3.8) is 0 Å². The maximum atomic E-state index is 15.3. The molecule has 2 heterocycles. The molecule has 0 spiro atoms. The summed E-state index contributed by atoms with van der Waals surface area (Å²) in [6, 6.07) is 21.3. The SMILES string of the molecule is CN1CCN(C(=O)N(Cc2ccc(-c3nnc(C(F)F)o3)cc2F)c2cccc(-c3ccccc3)c2)CC1. The highest BCUT2D eigenvalue weighted by Crippen LogP contribution is 2.29. The molecule has 5 rings (SSSR count). The largest absolute Gasteiger partial charge is 0.415 e. The van der Waals surface area contributed by atoms with Crippen LogP contribution >= 0.6 is 0 Å². The van der Waals surface area contributed by atoms with Crippen molar-refractivity contribution in [3.05, 3.63) is 90.1 Å². The third-order valence-electron chi connectivity index (χ3n) is 6.53. The van der Waals surface area contributed by atoms with E-state index in [1.165, 1.54) is 12.1 Å². The Balaban J connectivity index is 1.46. The van der Waals surface area contributed by atoms with Crippen molar-refractivity contribution >= 4 is 11.7 Å². The second-order valence-corrected chi connectivity index (χ2v) is 9.13. The molecule has 0 saturated carbocycles. The van der Waals surface area contributed by atoms with Gasteiger partial charge in [-0.05, 0) is 42.4 Å². The highest BCUT2D eigenvalue weighted by Gasteiger charge is 2.27. The molecule has 1 fully saturated rings. The minimum absolute atomic E-state index is 0.0261. The fourth-order valence-corrected chi connectivity index (χ4v) is 4.34. The number of rotatable bonds is 6. The first kappa shape index (κ1) is 25.5. The second-order valence-electron chi connectivity index (χ2n) is 9.13. The number of carbonyl (C=O) groups excluding carboxylic acids is 1. The van der Waals surface area contributed by atoms with Crippen LogP contribution in [0.4, 0.5) is 23.7 Å². The molecule has 7 nitrogen and oxygen atoms in total. The van der Waals surface area contributed by atoms with E-state index >= 15 is 4.39 Å². The number of likely N-dealkylation sites (N-methyl/N-ethyl adjacent to an activating group) is 1. The Kier molecular flexibility index (Phi) is 7.41. The Hall–Kier alpha value is -4.18. The summed E-state index contributed by atoms with van der Waals surface area (Å²) < 4.78 is 45.9. The van der Waals surface area contributed by atoms with Crippen LogP contribution in [0.1, 0.15) is 17.9 Å². The van der Waals surface area contributed by atoms with Crippen molar-refractivity contribution in [1.82, 2.24) is 20.0 Å². The summed E-state index contributed by atoms with van der Waals surface area (Å²) in [7, 11) is 2.01. The molecule has 38 heavy (non-hydrogen) atoms. The molecule has 1 aromatic heterocycles. The van der Waals surface area contributed by atoms with Gasteiger partial charge < -0.3 is 14.2 Å². The van der Waals surface area contributed by atoms with Gasteiger partial charge in [0.15, 0.2) is 0 Å². The smallest absolute Gasteiger partial charge is 0.324 e. The van der Waals surface area contributed by atoms with Gasteiger partial charge in [0.25, 0.3) is 5.89 Å². The summed E-state index contributed by atoms with van der Waals surface area (Å²) in [4.78, 5) is 19.2. The summed E-state index contributed by atoms with van der Waals surface area (Å²) in [5.74, 6) is -1.65. The maximum absolute atomic E-state index is 15.3. The molecule has 4 aromatic rings. The molecule has 0 unspecified atom stereocenters. The molecule has 1 aliphatic heterocycles. The van der Waals surface area contributed by atoms with Crippen LogP contribution in [0.2, 0.25) is 0 Å². The van der Waals surface area contributed by atoms with Gasteiger partial charge in [-0.15, -0.1) is 10.2 Å². The van der Waals surface area contributed by atoms with Crippen LogP contribution in [-0.4, -0.2) is 59.3 Å². The molecule has 1 saturated heterocycles. The normalized spacial score (nSPS) is 14.2. The number of alkyl halides is 2. The number of halogens is 3. The molecule has 3 aromatic carbocycles. The summed E-state index contributed by atoms with van der Waals surface area (Å²) in [6.07, 6.45) is -2.92. The van der Waals surface area contributed by atoms with Gasteiger partial charge in [-0.1, -0.05) is 48.5 Å². The number of carbonyl (C=O) groups is 1. The molecule has 0 atom stereocenters. The Morgan fingerprint density at radius 1 is 0.921 bits per heavy atom. The molecule has 0 bridgehead atoms. The summed E-state index contributed by atoms with van der Waals surface area (Å²) >= 11 is 0. The monoisotopic (exact) mass is 521 g/mol. The lowest BCUT2D eigenvalue weighted by Gasteiger charge is -2.36. The minimum Gasteiger partial charge on any atom is -0.415 e. The number of piperazine rings is 1. The van der Waals surface area contributed by atoms with Crippen molar-refractivity contribution in [3.8, 4) is 22.6 Å². The van der Waals surface area contributed by atoms with Crippen LogP contribution in [0.25, 0.3) is 22.6 Å². The van der Waals surface area contributed by atoms with E-state index in [1.807, 2.05) is 61.6 Å². The molecular weight excluding hydrogens is 495 g/mol. The molecule has 1 aliphatic rings. The van der Waals surface area contributed by atoms with Crippen molar-refractivity contribution in [2.75, 3.05) is 38.1 Å². The fraction of sp³-hybridized carbons (Fsp3) is 0.250. The van der Waals surface area contributed by atoms with E-state index in [2.05, 4.69) is 15.1 Å². The van der Waals surface area contributed by atoms with E-state index in [4.69, 9.17) is 4.42 Å². The number of anilines is 1. The predicted molar refractivity (Wildman–Crippen MR) is 137 cm³/mol.